The van der Waals surface area contributed by atoms with Gasteiger partial charge in [0.1, 0.15) is 0 Å². The molecule has 0 aromatic rings. The summed E-state index contributed by atoms with van der Waals surface area (Å²) in [7, 11) is 0. The van der Waals surface area contributed by atoms with E-state index in [9.17, 15) is 0 Å². The molecular formula is C14H34N8. The van der Waals surface area contributed by atoms with Crippen LogP contribution in [0, 0.1) is 0 Å². The van der Waals surface area contributed by atoms with Gasteiger partial charge in [0.15, 0.2) is 0 Å². The number of hydrogen-bond donors (Lipinski definition) is 2. The lowest BCUT2D eigenvalue weighted by atomic mass is 10.3. The quantitative estimate of drug-likeness (QED) is 0.273. The summed E-state index contributed by atoms with van der Waals surface area (Å²) in [4.78, 5) is 4.86. The highest BCUT2D eigenvalue weighted by atomic mass is 15.3. The van der Waals surface area contributed by atoms with E-state index >= 15 is 0 Å². The Morgan fingerprint density at radius 2 is 1.05 bits per heavy atom. The minimum absolute atomic E-state index is 0.663. The molecule has 8 heteroatoms. The standard InChI is InChI=1S/C14H34N8/c1-3-5-9-21(11-7-17-19-15)13-14-22(10-6-4-2)12-8-18-20-16/h3-14H2,1-2H3,(H2,15,17)(H2,16,18). The molecule has 0 saturated carbocycles. The second kappa shape index (κ2) is 16.1. The molecule has 0 unspecified atom stereocenters. The molecule has 0 spiro atoms. The van der Waals surface area contributed by atoms with E-state index in [2.05, 4.69) is 44.3 Å². The van der Waals surface area contributed by atoms with E-state index in [4.69, 9.17) is 11.7 Å². The van der Waals surface area contributed by atoms with E-state index in [-0.39, 0.29) is 0 Å². The Balaban J connectivity index is 4.23. The summed E-state index contributed by atoms with van der Waals surface area (Å²) in [6.45, 7) is 11.8. The number of nitrogens with two attached hydrogens (primary N) is 2. The molecule has 0 saturated heterocycles. The van der Waals surface area contributed by atoms with Gasteiger partial charge in [0.2, 0.25) is 0 Å². The Bertz CT molecular complexity index is 254. The normalized spacial score (nSPS) is 12.4. The molecule has 0 bridgehead atoms. The van der Waals surface area contributed by atoms with Crippen molar-refractivity contribution in [2.24, 2.45) is 32.4 Å². The van der Waals surface area contributed by atoms with Crippen LogP contribution in [-0.2, 0) is 0 Å². The van der Waals surface area contributed by atoms with Crippen LogP contribution in [0.15, 0.2) is 20.7 Å². The third kappa shape index (κ3) is 12.5. The monoisotopic (exact) mass is 314 g/mol. The fourth-order valence-electron chi connectivity index (χ4n) is 2.20. The summed E-state index contributed by atoms with van der Waals surface area (Å²) in [5, 5.41) is 14.4. The molecule has 0 aromatic carbocycles. The Kier molecular flexibility index (Phi) is 15.2. The predicted octanol–water partition coefficient (Wildman–Crippen LogP) is 1.84. The smallest absolute Gasteiger partial charge is 0.0747 e. The van der Waals surface area contributed by atoms with Gasteiger partial charge < -0.3 is 21.5 Å². The molecule has 8 nitrogen and oxygen atoms in total. The van der Waals surface area contributed by atoms with Crippen LogP contribution < -0.4 is 11.7 Å². The maximum absolute atomic E-state index is 5.06. The number of unbranched alkanes of at least 4 members (excludes halogenated alkanes) is 2. The predicted molar refractivity (Wildman–Crippen MR) is 90.5 cm³/mol. The van der Waals surface area contributed by atoms with Gasteiger partial charge in [-0.1, -0.05) is 37.1 Å². The lowest BCUT2D eigenvalue weighted by molar-refractivity contribution is 0.204. The van der Waals surface area contributed by atoms with Crippen LogP contribution in [0.1, 0.15) is 39.5 Å². The molecule has 0 aromatic heterocycles. The highest BCUT2D eigenvalue weighted by Crippen LogP contribution is 2.00. The number of hydrogen-bond acceptors (Lipinski definition) is 6. The molecule has 0 aliphatic rings. The molecule has 0 heterocycles. The van der Waals surface area contributed by atoms with Gasteiger partial charge in [0.05, 0.1) is 13.1 Å². The first-order chi connectivity index (χ1) is 10.8. The van der Waals surface area contributed by atoms with Crippen LogP contribution in [0.25, 0.3) is 0 Å². The summed E-state index contributed by atoms with van der Waals surface area (Å²) >= 11 is 0. The number of nitrogens with zero attached hydrogens (tertiary/aromatic N) is 6. The van der Waals surface area contributed by atoms with Crippen LogP contribution in [0.4, 0.5) is 0 Å². The van der Waals surface area contributed by atoms with E-state index in [1.807, 2.05) is 0 Å². The minimum Gasteiger partial charge on any atom is -0.305 e. The van der Waals surface area contributed by atoms with Gasteiger partial charge in [-0.3, -0.25) is 0 Å². The van der Waals surface area contributed by atoms with Crippen molar-refractivity contribution < 1.29 is 0 Å². The Hall–Kier alpha value is -1.28. The van der Waals surface area contributed by atoms with Crippen LogP contribution >= 0.6 is 0 Å². The molecular weight excluding hydrogens is 280 g/mol. The van der Waals surface area contributed by atoms with Crippen molar-refractivity contribution in [1.29, 1.82) is 0 Å². The van der Waals surface area contributed by atoms with E-state index < -0.39 is 0 Å². The van der Waals surface area contributed by atoms with Crippen molar-refractivity contribution in [3.05, 3.63) is 0 Å². The fraction of sp³-hybridized carbons (Fsp3) is 1.00. The second-order valence-electron chi connectivity index (χ2n) is 5.35. The van der Waals surface area contributed by atoms with Crippen molar-refractivity contribution in [2.75, 3.05) is 52.4 Å². The molecule has 0 fully saturated rings. The van der Waals surface area contributed by atoms with Gasteiger partial charge >= 0.3 is 0 Å². The zero-order valence-electron chi connectivity index (χ0n) is 14.3. The van der Waals surface area contributed by atoms with Crippen molar-refractivity contribution >= 4 is 0 Å². The van der Waals surface area contributed by atoms with Crippen LogP contribution in [-0.4, -0.2) is 62.2 Å². The van der Waals surface area contributed by atoms with Crippen molar-refractivity contribution in [1.82, 2.24) is 9.80 Å². The Morgan fingerprint density at radius 3 is 1.36 bits per heavy atom. The highest BCUT2D eigenvalue weighted by molar-refractivity contribution is 4.65. The first-order valence-electron chi connectivity index (χ1n) is 8.36. The van der Waals surface area contributed by atoms with E-state index in [0.717, 1.165) is 39.3 Å². The largest absolute Gasteiger partial charge is 0.305 e. The molecule has 0 rings (SSSR count). The molecule has 22 heavy (non-hydrogen) atoms. The summed E-state index contributed by atoms with van der Waals surface area (Å²) in [6, 6.07) is 0. The molecule has 130 valence electrons. The second-order valence-corrected chi connectivity index (χ2v) is 5.35. The first kappa shape index (κ1) is 20.7. The zero-order valence-corrected chi connectivity index (χ0v) is 14.3. The van der Waals surface area contributed by atoms with Crippen LogP contribution in [0.5, 0.6) is 0 Å². The molecule has 0 amide bonds. The maximum Gasteiger partial charge on any atom is 0.0747 e. The summed E-state index contributed by atoms with van der Waals surface area (Å²) < 4.78 is 0. The zero-order chi connectivity index (χ0) is 16.5. The summed E-state index contributed by atoms with van der Waals surface area (Å²) in [5.74, 6) is 10.1. The van der Waals surface area contributed by atoms with Gasteiger partial charge in [-0.15, -0.1) is 0 Å². The molecule has 0 aliphatic heterocycles. The van der Waals surface area contributed by atoms with Crippen LogP contribution in [0.2, 0.25) is 0 Å². The third-order valence-corrected chi connectivity index (χ3v) is 3.58. The van der Waals surface area contributed by atoms with E-state index in [0.29, 0.717) is 13.1 Å². The minimum atomic E-state index is 0.663. The van der Waals surface area contributed by atoms with E-state index in [1.165, 1.54) is 25.7 Å². The lowest BCUT2D eigenvalue weighted by Crippen LogP contribution is -2.38. The molecule has 0 atom stereocenters. The van der Waals surface area contributed by atoms with Gasteiger partial charge in [-0.25, -0.2) is 0 Å². The van der Waals surface area contributed by atoms with Crippen molar-refractivity contribution in [2.45, 2.75) is 39.5 Å². The summed E-state index contributed by atoms with van der Waals surface area (Å²) in [5.41, 5.74) is 0. The lowest BCUT2D eigenvalue weighted by Gasteiger charge is -2.26. The van der Waals surface area contributed by atoms with Gasteiger partial charge in [-0.2, -0.15) is 10.2 Å². The molecule has 0 radical (unpaired) electrons. The average molecular weight is 314 g/mol. The summed E-state index contributed by atoms with van der Waals surface area (Å²) in [6.07, 6.45) is 4.81. The topological polar surface area (TPSA) is 108 Å². The van der Waals surface area contributed by atoms with Crippen molar-refractivity contribution in [3.63, 3.8) is 0 Å². The Labute approximate surface area is 135 Å². The van der Waals surface area contributed by atoms with Gasteiger partial charge in [0, 0.05) is 26.2 Å². The van der Waals surface area contributed by atoms with Crippen LogP contribution in [0.3, 0.4) is 0 Å². The third-order valence-electron chi connectivity index (χ3n) is 3.58. The van der Waals surface area contributed by atoms with Crippen molar-refractivity contribution in [3.8, 4) is 0 Å². The molecule has 4 N–H and O–H groups in total. The first-order valence-corrected chi connectivity index (χ1v) is 8.36. The van der Waals surface area contributed by atoms with Gasteiger partial charge in [0.25, 0.3) is 0 Å². The molecule has 0 aliphatic carbocycles. The Morgan fingerprint density at radius 1 is 0.636 bits per heavy atom. The maximum atomic E-state index is 5.06. The number of rotatable bonds is 15. The highest BCUT2D eigenvalue weighted by Gasteiger charge is 2.08. The van der Waals surface area contributed by atoms with E-state index in [1.54, 1.807) is 0 Å². The van der Waals surface area contributed by atoms with Gasteiger partial charge in [-0.05, 0) is 25.9 Å². The fourth-order valence-corrected chi connectivity index (χ4v) is 2.20. The average Bonchev–Trinajstić information content (AvgIpc) is 2.54. The SMILES string of the molecule is CCCCN(CCN=NN)CCN(CCCC)CCN=NN.